The summed E-state index contributed by atoms with van der Waals surface area (Å²) in [5.41, 5.74) is 4.47. The molecule has 0 aromatic carbocycles. The van der Waals surface area contributed by atoms with E-state index < -0.39 is 0 Å². The molecule has 66 valence electrons. The van der Waals surface area contributed by atoms with E-state index in [1.165, 1.54) is 6.08 Å². The average molecular weight is 164 g/mol. The predicted molar refractivity (Wildman–Crippen MR) is 52.0 cm³/mol. The van der Waals surface area contributed by atoms with Crippen LogP contribution in [0.5, 0.6) is 0 Å². The Bertz CT molecular complexity index is 240. The molecule has 0 aromatic rings. The lowest BCUT2D eigenvalue weighted by Crippen LogP contribution is -1.97. The third-order valence-electron chi connectivity index (χ3n) is 1.87. The first-order valence-electron chi connectivity index (χ1n) is 4.20. The van der Waals surface area contributed by atoms with Crippen LogP contribution in [0, 0.1) is 0 Å². The fourth-order valence-corrected chi connectivity index (χ4v) is 0.974. The van der Waals surface area contributed by atoms with E-state index in [0.717, 1.165) is 24.0 Å². The Balaban J connectivity index is 4.53. The van der Waals surface area contributed by atoms with Crippen molar-refractivity contribution in [2.24, 2.45) is 0 Å². The molecule has 0 rings (SSSR count). The van der Waals surface area contributed by atoms with Gasteiger partial charge in [0.1, 0.15) is 0 Å². The van der Waals surface area contributed by atoms with Crippen molar-refractivity contribution < 1.29 is 4.79 Å². The molecule has 0 saturated carbocycles. The lowest BCUT2D eigenvalue weighted by atomic mass is 10.0. The van der Waals surface area contributed by atoms with Crippen molar-refractivity contribution in [1.29, 1.82) is 0 Å². The molecule has 0 amide bonds. The third-order valence-corrected chi connectivity index (χ3v) is 1.87. The van der Waals surface area contributed by atoms with Gasteiger partial charge in [-0.3, -0.25) is 4.79 Å². The van der Waals surface area contributed by atoms with Gasteiger partial charge >= 0.3 is 0 Å². The summed E-state index contributed by atoms with van der Waals surface area (Å²) in [6, 6.07) is 0. The Morgan fingerprint density at radius 1 is 1.50 bits per heavy atom. The Morgan fingerprint density at radius 2 is 2.08 bits per heavy atom. The lowest BCUT2D eigenvalue weighted by molar-refractivity contribution is -0.111. The summed E-state index contributed by atoms with van der Waals surface area (Å²) in [5.74, 6) is 0.0240. The quantitative estimate of drug-likeness (QED) is 0.461. The minimum absolute atomic E-state index is 0.0240. The summed E-state index contributed by atoms with van der Waals surface area (Å²) >= 11 is 0. The molecule has 1 heteroatoms. The van der Waals surface area contributed by atoms with Gasteiger partial charge in [0.15, 0.2) is 5.78 Å². The first kappa shape index (κ1) is 10.9. The van der Waals surface area contributed by atoms with E-state index >= 15 is 0 Å². The topological polar surface area (TPSA) is 17.1 Å². The summed E-state index contributed by atoms with van der Waals surface area (Å²) < 4.78 is 0. The Labute approximate surface area is 74.5 Å². The molecule has 0 aliphatic rings. The van der Waals surface area contributed by atoms with Crippen molar-refractivity contribution >= 4 is 5.78 Å². The number of hydrogen-bond donors (Lipinski definition) is 0. The van der Waals surface area contributed by atoms with Gasteiger partial charge < -0.3 is 0 Å². The van der Waals surface area contributed by atoms with E-state index in [4.69, 9.17) is 0 Å². The highest BCUT2D eigenvalue weighted by atomic mass is 16.1. The largest absolute Gasteiger partial charge is 0.289 e. The Kier molecular flexibility index (Phi) is 5.07. The average Bonchev–Trinajstić information content (AvgIpc) is 2.04. The summed E-state index contributed by atoms with van der Waals surface area (Å²) in [5, 5.41) is 0. The first-order valence-corrected chi connectivity index (χ1v) is 4.20. The van der Waals surface area contributed by atoms with Crippen LogP contribution in [0.15, 0.2) is 29.5 Å². The molecule has 0 spiro atoms. The molecule has 1 nitrogen and oxygen atoms in total. The van der Waals surface area contributed by atoms with Crippen LogP contribution in [0.4, 0.5) is 0 Å². The van der Waals surface area contributed by atoms with Gasteiger partial charge in [-0.05, 0) is 25.8 Å². The van der Waals surface area contributed by atoms with Crippen LogP contribution >= 0.6 is 0 Å². The molecule has 0 bridgehead atoms. The van der Waals surface area contributed by atoms with Gasteiger partial charge in [0.2, 0.25) is 0 Å². The van der Waals surface area contributed by atoms with Crippen LogP contribution in [-0.4, -0.2) is 5.78 Å². The number of ketones is 1. The molecule has 0 atom stereocenters. The number of hydrogen-bond acceptors (Lipinski definition) is 1. The van der Waals surface area contributed by atoms with Gasteiger partial charge in [0.05, 0.1) is 0 Å². The zero-order valence-electron chi connectivity index (χ0n) is 8.11. The van der Waals surface area contributed by atoms with Gasteiger partial charge in [-0.1, -0.05) is 25.5 Å². The van der Waals surface area contributed by atoms with Crippen molar-refractivity contribution in [3.8, 4) is 0 Å². The number of carbonyl (C=O) groups is 1. The highest BCUT2D eigenvalue weighted by molar-refractivity contribution is 6.03. The summed E-state index contributed by atoms with van der Waals surface area (Å²) in [4.78, 5) is 11.2. The number of carbonyl (C=O) groups excluding carboxylic acids is 1. The van der Waals surface area contributed by atoms with E-state index in [-0.39, 0.29) is 5.78 Å². The van der Waals surface area contributed by atoms with Crippen molar-refractivity contribution in [3.05, 3.63) is 29.5 Å². The van der Waals surface area contributed by atoms with Gasteiger partial charge in [0.25, 0.3) is 0 Å². The van der Waals surface area contributed by atoms with Crippen molar-refractivity contribution in [2.75, 3.05) is 0 Å². The van der Waals surface area contributed by atoms with E-state index in [2.05, 4.69) is 19.2 Å². The molecule has 0 radical (unpaired) electrons. The second-order valence-electron chi connectivity index (χ2n) is 2.87. The normalized spacial score (nSPS) is 11.6. The molecule has 0 heterocycles. The molecule has 0 N–H and O–H groups in total. The highest BCUT2D eigenvalue weighted by Gasteiger charge is 2.02. The highest BCUT2D eigenvalue weighted by Crippen LogP contribution is 2.10. The summed E-state index contributed by atoms with van der Waals surface area (Å²) in [6.45, 7) is 9.31. The zero-order chi connectivity index (χ0) is 9.56. The molecule has 0 unspecified atom stereocenters. The predicted octanol–water partition coefficient (Wildman–Crippen LogP) is 3.03. The van der Waals surface area contributed by atoms with Crippen LogP contribution < -0.4 is 0 Å². The van der Waals surface area contributed by atoms with E-state index in [9.17, 15) is 4.79 Å². The van der Waals surface area contributed by atoms with Crippen LogP contribution in [0.2, 0.25) is 0 Å². The van der Waals surface area contributed by atoms with Crippen molar-refractivity contribution in [3.63, 3.8) is 0 Å². The van der Waals surface area contributed by atoms with Crippen LogP contribution in [-0.2, 0) is 4.79 Å². The Morgan fingerprint density at radius 3 is 2.50 bits per heavy atom. The molecule has 0 aliphatic heterocycles. The fraction of sp³-hybridized carbons (Fsp3) is 0.455. The SMILES string of the molecule is C=C=CC(=O)/C(C)=C(\C)CCC. The standard InChI is InChI=1S/C11H16O/c1-5-7-9(3)10(4)11(12)8-6-2/h8H,2,5,7H2,1,3-4H3/b10-9+. The molecular formula is C11H16O. The molecule has 0 aliphatic carbocycles. The maximum Gasteiger partial charge on any atom is 0.189 e. The second-order valence-corrected chi connectivity index (χ2v) is 2.87. The molecule has 12 heavy (non-hydrogen) atoms. The molecule has 0 fully saturated rings. The van der Waals surface area contributed by atoms with Crippen LogP contribution in [0.3, 0.4) is 0 Å². The van der Waals surface area contributed by atoms with Gasteiger partial charge in [-0.2, -0.15) is 0 Å². The minimum Gasteiger partial charge on any atom is -0.289 e. The first-order chi connectivity index (χ1) is 5.63. The number of allylic oxidation sites excluding steroid dienone is 3. The fourth-order valence-electron chi connectivity index (χ4n) is 0.974. The maximum absolute atomic E-state index is 11.2. The van der Waals surface area contributed by atoms with Crippen molar-refractivity contribution in [2.45, 2.75) is 33.6 Å². The molecule has 0 aromatic heterocycles. The summed E-state index contributed by atoms with van der Waals surface area (Å²) in [6.07, 6.45) is 3.45. The van der Waals surface area contributed by atoms with Gasteiger partial charge in [-0.15, -0.1) is 5.73 Å². The monoisotopic (exact) mass is 164 g/mol. The molecular weight excluding hydrogens is 148 g/mol. The zero-order valence-corrected chi connectivity index (χ0v) is 8.11. The van der Waals surface area contributed by atoms with Crippen molar-refractivity contribution in [1.82, 2.24) is 0 Å². The summed E-state index contributed by atoms with van der Waals surface area (Å²) in [7, 11) is 0. The van der Waals surface area contributed by atoms with Gasteiger partial charge in [-0.25, -0.2) is 0 Å². The Hall–Kier alpha value is -1.07. The third kappa shape index (κ3) is 3.36. The molecule has 0 saturated heterocycles. The van der Waals surface area contributed by atoms with Gasteiger partial charge in [0, 0.05) is 6.08 Å². The van der Waals surface area contributed by atoms with Crippen LogP contribution in [0.1, 0.15) is 33.6 Å². The smallest absolute Gasteiger partial charge is 0.189 e. The van der Waals surface area contributed by atoms with E-state index in [1.807, 2.05) is 13.8 Å². The van der Waals surface area contributed by atoms with E-state index in [0.29, 0.717) is 0 Å². The van der Waals surface area contributed by atoms with Crippen LogP contribution in [0.25, 0.3) is 0 Å². The maximum atomic E-state index is 11.2. The van der Waals surface area contributed by atoms with E-state index in [1.54, 1.807) is 0 Å². The number of rotatable bonds is 4. The minimum atomic E-state index is 0.0240. The lowest BCUT2D eigenvalue weighted by Gasteiger charge is -2.01. The second kappa shape index (κ2) is 5.56.